The topological polar surface area (TPSA) is 94.1 Å². The van der Waals surface area contributed by atoms with Gasteiger partial charge in [0.2, 0.25) is 0 Å². The molecule has 146 valence electrons. The molecule has 0 saturated heterocycles. The SMILES string of the molecule is CC(C)c1ccc(NS(=O)[O-])c(C(=O)Nc2nc(-c3ccc(Br)cc3)cs2)c1. The van der Waals surface area contributed by atoms with Crippen molar-refractivity contribution in [2.24, 2.45) is 0 Å². The van der Waals surface area contributed by atoms with Crippen molar-refractivity contribution in [3.63, 3.8) is 0 Å². The number of halogens is 1. The van der Waals surface area contributed by atoms with Crippen LogP contribution in [0.25, 0.3) is 11.3 Å². The zero-order valence-corrected chi connectivity index (χ0v) is 18.3. The summed E-state index contributed by atoms with van der Waals surface area (Å²) in [6, 6.07) is 12.8. The van der Waals surface area contributed by atoms with Crippen molar-refractivity contribution in [3.05, 3.63) is 63.4 Å². The first-order valence-corrected chi connectivity index (χ1v) is 11.1. The minimum Gasteiger partial charge on any atom is -0.755 e. The predicted molar refractivity (Wildman–Crippen MR) is 116 cm³/mol. The summed E-state index contributed by atoms with van der Waals surface area (Å²) < 4.78 is 25.3. The van der Waals surface area contributed by atoms with Crippen molar-refractivity contribution in [2.75, 3.05) is 10.0 Å². The Balaban J connectivity index is 1.85. The van der Waals surface area contributed by atoms with Gasteiger partial charge in [0.15, 0.2) is 5.13 Å². The molecule has 0 spiro atoms. The molecular formula is C19H17BrN3O3S2-. The lowest BCUT2D eigenvalue weighted by Crippen LogP contribution is -2.16. The smallest absolute Gasteiger partial charge is 0.259 e. The van der Waals surface area contributed by atoms with Gasteiger partial charge in [0.1, 0.15) is 0 Å². The van der Waals surface area contributed by atoms with E-state index in [1.807, 2.05) is 43.5 Å². The maximum absolute atomic E-state index is 12.8. The van der Waals surface area contributed by atoms with Crippen LogP contribution in [0.15, 0.2) is 52.3 Å². The van der Waals surface area contributed by atoms with Crippen LogP contribution < -0.4 is 10.0 Å². The van der Waals surface area contributed by atoms with E-state index in [0.717, 1.165) is 21.3 Å². The number of aromatic nitrogens is 1. The summed E-state index contributed by atoms with van der Waals surface area (Å²) in [5.41, 5.74) is 3.09. The van der Waals surface area contributed by atoms with Crippen molar-refractivity contribution in [2.45, 2.75) is 19.8 Å². The number of nitrogens with one attached hydrogen (secondary N) is 2. The second-order valence-electron chi connectivity index (χ2n) is 6.30. The molecule has 0 aliphatic rings. The van der Waals surface area contributed by atoms with Crippen LogP contribution in [0.2, 0.25) is 0 Å². The summed E-state index contributed by atoms with van der Waals surface area (Å²) in [5, 5.41) is 5.05. The molecule has 9 heteroatoms. The fraction of sp³-hybridized carbons (Fsp3) is 0.158. The summed E-state index contributed by atoms with van der Waals surface area (Å²) >= 11 is 2.17. The Hall–Kier alpha value is -2.07. The van der Waals surface area contributed by atoms with E-state index >= 15 is 0 Å². The van der Waals surface area contributed by atoms with E-state index in [1.165, 1.54) is 11.3 Å². The van der Waals surface area contributed by atoms with Crippen LogP contribution in [0.4, 0.5) is 10.8 Å². The van der Waals surface area contributed by atoms with E-state index in [0.29, 0.717) is 5.13 Å². The molecule has 1 atom stereocenters. The zero-order valence-electron chi connectivity index (χ0n) is 15.1. The molecule has 2 aromatic carbocycles. The number of hydrogen-bond acceptors (Lipinski definition) is 5. The first-order valence-electron chi connectivity index (χ1n) is 8.36. The summed E-state index contributed by atoms with van der Waals surface area (Å²) in [6.07, 6.45) is 0. The number of carbonyl (C=O) groups is 1. The Morgan fingerprint density at radius 3 is 2.57 bits per heavy atom. The molecule has 3 aromatic rings. The normalized spacial score (nSPS) is 12.0. The second-order valence-corrected chi connectivity index (χ2v) is 8.74. The highest BCUT2D eigenvalue weighted by Gasteiger charge is 2.16. The molecule has 0 radical (unpaired) electrons. The highest BCUT2D eigenvalue weighted by molar-refractivity contribution is 9.10. The molecule has 0 fully saturated rings. The van der Waals surface area contributed by atoms with Crippen molar-refractivity contribution < 1.29 is 13.6 Å². The lowest BCUT2D eigenvalue weighted by Gasteiger charge is -2.15. The Morgan fingerprint density at radius 1 is 1.21 bits per heavy atom. The highest BCUT2D eigenvalue weighted by atomic mass is 79.9. The van der Waals surface area contributed by atoms with Crippen LogP contribution in [0.5, 0.6) is 0 Å². The van der Waals surface area contributed by atoms with E-state index in [1.54, 1.807) is 18.2 Å². The van der Waals surface area contributed by atoms with Crippen molar-refractivity contribution in [1.82, 2.24) is 4.98 Å². The molecule has 1 heterocycles. The van der Waals surface area contributed by atoms with Crippen LogP contribution in [0.1, 0.15) is 35.7 Å². The average Bonchev–Trinajstić information content (AvgIpc) is 3.10. The number of carbonyl (C=O) groups excluding carboxylic acids is 1. The molecule has 3 rings (SSSR count). The van der Waals surface area contributed by atoms with E-state index in [-0.39, 0.29) is 17.2 Å². The summed E-state index contributed by atoms with van der Waals surface area (Å²) in [4.78, 5) is 17.2. The minimum absolute atomic E-state index is 0.196. The van der Waals surface area contributed by atoms with Crippen LogP contribution >= 0.6 is 27.3 Å². The van der Waals surface area contributed by atoms with Crippen LogP contribution in [-0.4, -0.2) is 19.7 Å². The van der Waals surface area contributed by atoms with Crippen LogP contribution in [0.3, 0.4) is 0 Å². The second kappa shape index (κ2) is 8.95. The largest absolute Gasteiger partial charge is 0.755 e. The van der Waals surface area contributed by atoms with Gasteiger partial charge < -0.3 is 9.27 Å². The number of anilines is 2. The molecule has 0 saturated carbocycles. The first kappa shape index (κ1) is 20.7. The Labute approximate surface area is 178 Å². The molecule has 2 N–H and O–H groups in total. The standard InChI is InChI=1S/C19H18BrN3O3S2/c1-11(2)13-5-8-16(23-28(25)26)15(9-13)18(24)22-19-21-17(10-27-19)12-3-6-14(20)7-4-12/h3-11,23H,1-2H3,(H,25,26)(H,21,22,24)/p-1. The zero-order chi connectivity index (χ0) is 20.3. The molecule has 0 aliphatic carbocycles. The fourth-order valence-corrected chi connectivity index (χ4v) is 3.87. The van der Waals surface area contributed by atoms with Crippen molar-refractivity contribution >= 4 is 55.3 Å². The van der Waals surface area contributed by atoms with Gasteiger partial charge in [-0.25, -0.2) is 4.98 Å². The third-order valence-corrected chi connectivity index (χ3v) is 5.69. The Kier molecular flexibility index (Phi) is 6.61. The molecule has 1 unspecified atom stereocenters. The Bertz CT molecular complexity index is 1020. The molecule has 0 aliphatic heterocycles. The summed E-state index contributed by atoms with van der Waals surface area (Å²) in [7, 11) is 0. The van der Waals surface area contributed by atoms with E-state index in [4.69, 9.17) is 0 Å². The molecule has 6 nitrogen and oxygen atoms in total. The lowest BCUT2D eigenvalue weighted by molar-refractivity contribution is 0.102. The average molecular weight is 479 g/mol. The van der Waals surface area contributed by atoms with Gasteiger partial charge in [0, 0.05) is 26.7 Å². The number of rotatable bonds is 6. The number of thiazole rings is 1. The molecular weight excluding hydrogens is 462 g/mol. The lowest BCUT2D eigenvalue weighted by atomic mass is 9.99. The number of amides is 1. The van der Waals surface area contributed by atoms with Gasteiger partial charge in [-0.05, 0) is 35.7 Å². The van der Waals surface area contributed by atoms with Gasteiger partial charge in [-0.2, -0.15) is 0 Å². The van der Waals surface area contributed by atoms with E-state index in [9.17, 15) is 13.6 Å². The monoisotopic (exact) mass is 478 g/mol. The number of hydrogen-bond donors (Lipinski definition) is 2. The molecule has 1 aromatic heterocycles. The fourth-order valence-electron chi connectivity index (χ4n) is 2.54. The highest BCUT2D eigenvalue weighted by Crippen LogP contribution is 2.28. The Morgan fingerprint density at radius 2 is 1.93 bits per heavy atom. The number of nitrogens with zero attached hydrogens (tertiary/aromatic N) is 1. The summed E-state index contributed by atoms with van der Waals surface area (Å²) in [5.74, 6) is -0.227. The first-order chi connectivity index (χ1) is 13.3. The third kappa shape index (κ3) is 5.05. The maximum atomic E-state index is 12.8. The third-order valence-electron chi connectivity index (χ3n) is 4.01. The molecule has 1 amide bonds. The van der Waals surface area contributed by atoms with Gasteiger partial charge in [-0.3, -0.25) is 14.3 Å². The number of benzene rings is 2. The summed E-state index contributed by atoms with van der Waals surface area (Å²) in [6.45, 7) is 4.00. The predicted octanol–water partition coefficient (Wildman–Crippen LogP) is 5.15. The van der Waals surface area contributed by atoms with E-state index in [2.05, 4.69) is 31.0 Å². The van der Waals surface area contributed by atoms with Crippen LogP contribution in [-0.2, 0) is 11.3 Å². The van der Waals surface area contributed by atoms with Gasteiger partial charge in [-0.15, -0.1) is 11.3 Å². The van der Waals surface area contributed by atoms with E-state index < -0.39 is 17.2 Å². The van der Waals surface area contributed by atoms with Gasteiger partial charge in [0.05, 0.1) is 16.9 Å². The molecule has 28 heavy (non-hydrogen) atoms. The maximum Gasteiger partial charge on any atom is 0.259 e. The van der Waals surface area contributed by atoms with Gasteiger partial charge in [0.25, 0.3) is 5.91 Å². The van der Waals surface area contributed by atoms with Crippen LogP contribution in [0, 0.1) is 0 Å². The quantitative estimate of drug-likeness (QED) is 0.478. The van der Waals surface area contributed by atoms with Gasteiger partial charge in [-0.1, -0.05) is 48.0 Å². The van der Waals surface area contributed by atoms with Gasteiger partial charge >= 0.3 is 0 Å². The minimum atomic E-state index is -2.53. The van der Waals surface area contributed by atoms with Crippen molar-refractivity contribution in [1.29, 1.82) is 0 Å². The van der Waals surface area contributed by atoms with Crippen molar-refractivity contribution in [3.8, 4) is 11.3 Å². The molecule has 0 bridgehead atoms.